The highest BCUT2D eigenvalue weighted by Gasteiger charge is 2.43. The van der Waals surface area contributed by atoms with Gasteiger partial charge in [-0.1, -0.05) is 35.8 Å². The fourth-order valence-corrected chi connectivity index (χ4v) is 7.18. The summed E-state index contributed by atoms with van der Waals surface area (Å²) in [6.45, 7) is 17.5. The van der Waals surface area contributed by atoms with Crippen LogP contribution in [0.1, 0.15) is 43.4 Å². The molecule has 1 amide bonds. The van der Waals surface area contributed by atoms with Crippen LogP contribution >= 0.6 is 23.2 Å². The third kappa shape index (κ3) is 5.77. The predicted octanol–water partition coefficient (Wildman–Crippen LogP) is 4.87. The fourth-order valence-electron chi connectivity index (χ4n) is 6.76. The molecular formula is C31H37Cl2N7O2. The lowest BCUT2D eigenvalue weighted by Gasteiger charge is -2.44. The highest BCUT2D eigenvalue weighted by molar-refractivity contribution is 6.43. The third-order valence-electron chi connectivity index (χ3n) is 9.12. The smallest absolute Gasteiger partial charge is 0.319 e. The number of hydrogen-bond acceptors (Lipinski definition) is 7. The van der Waals surface area contributed by atoms with Crippen molar-refractivity contribution in [2.45, 2.75) is 56.7 Å². The first-order chi connectivity index (χ1) is 20.4. The van der Waals surface area contributed by atoms with Gasteiger partial charge in [-0.15, -0.1) is 0 Å². The maximum Gasteiger partial charge on any atom is 0.319 e. The molecule has 2 saturated heterocycles. The van der Waals surface area contributed by atoms with Gasteiger partial charge in [-0.25, -0.2) is 6.57 Å². The maximum atomic E-state index is 12.6. The summed E-state index contributed by atoms with van der Waals surface area (Å²) >= 11 is 13.0. The Morgan fingerprint density at radius 3 is 2.64 bits per heavy atom. The Bertz CT molecular complexity index is 1390. The average molecular weight is 611 g/mol. The van der Waals surface area contributed by atoms with Gasteiger partial charge in [0.15, 0.2) is 0 Å². The second-order valence-corrected chi connectivity index (χ2v) is 12.6. The second-order valence-electron chi connectivity index (χ2n) is 11.8. The van der Waals surface area contributed by atoms with E-state index in [4.69, 9.17) is 44.5 Å². The zero-order chi connectivity index (χ0) is 29.3. The number of fused-ring (bicyclic) bond motifs is 1. The first kappa shape index (κ1) is 29.0. The van der Waals surface area contributed by atoms with Gasteiger partial charge in [0.25, 0.3) is 0 Å². The molecule has 6 rings (SSSR count). The van der Waals surface area contributed by atoms with Gasteiger partial charge in [0.05, 0.1) is 28.0 Å². The molecule has 4 heterocycles. The normalized spacial score (nSPS) is 21.8. The van der Waals surface area contributed by atoms with Crippen molar-refractivity contribution in [1.29, 1.82) is 0 Å². The molecule has 0 unspecified atom stereocenters. The number of likely N-dealkylation sites (tertiary alicyclic amines) is 1. The first-order valence-corrected chi connectivity index (χ1v) is 15.7. The zero-order valence-electron chi connectivity index (χ0n) is 23.9. The summed E-state index contributed by atoms with van der Waals surface area (Å²) in [5, 5.41) is 1.07. The van der Waals surface area contributed by atoms with Crippen LogP contribution in [0.4, 0.5) is 11.5 Å². The molecule has 2 aromatic rings. The maximum absolute atomic E-state index is 12.6. The van der Waals surface area contributed by atoms with Crippen LogP contribution in [0.15, 0.2) is 30.9 Å². The number of carbonyl (C=O) groups is 1. The van der Waals surface area contributed by atoms with Crippen molar-refractivity contribution in [2.75, 3.05) is 62.2 Å². The number of piperazine rings is 1. The Morgan fingerprint density at radius 1 is 1.12 bits per heavy atom. The van der Waals surface area contributed by atoms with E-state index in [1.807, 2.05) is 12.1 Å². The van der Waals surface area contributed by atoms with Crippen LogP contribution in [0.2, 0.25) is 10.0 Å². The molecule has 0 N–H and O–H groups in total. The lowest BCUT2D eigenvalue weighted by atomic mass is 9.79. The van der Waals surface area contributed by atoms with Gasteiger partial charge in [0, 0.05) is 38.3 Å². The van der Waals surface area contributed by atoms with Crippen molar-refractivity contribution >= 4 is 40.6 Å². The van der Waals surface area contributed by atoms with Gasteiger partial charge < -0.3 is 24.3 Å². The predicted molar refractivity (Wildman–Crippen MR) is 166 cm³/mol. The van der Waals surface area contributed by atoms with Gasteiger partial charge >= 0.3 is 6.01 Å². The molecule has 0 radical (unpaired) electrons. The minimum absolute atomic E-state index is 0.139. The highest BCUT2D eigenvalue weighted by atomic mass is 35.5. The molecule has 1 aliphatic carbocycles. The Balaban J connectivity index is 1.34. The van der Waals surface area contributed by atoms with Gasteiger partial charge in [-0.3, -0.25) is 9.69 Å². The van der Waals surface area contributed by atoms with E-state index in [0.29, 0.717) is 42.2 Å². The minimum atomic E-state index is -0.262. The van der Waals surface area contributed by atoms with Crippen molar-refractivity contribution in [1.82, 2.24) is 19.8 Å². The van der Waals surface area contributed by atoms with E-state index in [2.05, 4.69) is 26.1 Å². The quantitative estimate of drug-likeness (QED) is 0.312. The van der Waals surface area contributed by atoms with Crippen molar-refractivity contribution < 1.29 is 9.53 Å². The number of ether oxygens (including phenoxy) is 1. The fraction of sp³-hybridized carbons (Fsp3) is 0.548. The molecule has 42 heavy (non-hydrogen) atoms. The molecule has 1 aromatic heterocycles. The zero-order valence-corrected chi connectivity index (χ0v) is 25.4. The van der Waals surface area contributed by atoms with Crippen molar-refractivity contribution in [3.63, 3.8) is 0 Å². The second kappa shape index (κ2) is 12.3. The lowest BCUT2D eigenvalue weighted by molar-refractivity contribution is -0.128. The van der Waals surface area contributed by atoms with Crippen molar-refractivity contribution in [3.8, 4) is 6.01 Å². The van der Waals surface area contributed by atoms with Gasteiger partial charge in [0.2, 0.25) is 12.5 Å². The molecule has 3 aliphatic heterocycles. The Morgan fingerprint density at radius 2 is 1.93 bits per heavy atom. The monoisotopic (exact) mass is 609 g/mol. The van der Waals surface area contributed by atoms with Crippen molar-refractivity contribution in [2.24, 2.45) is 0 Å². The number of hydrogen-bond donors (Lipinski definition) is 0. The van der Waals surface area contributed by atoms with Crippen LogP contribution in [0, 0.1) is 6.57 Å². The standard InChI is InChI=1S/C31H37Cl2N7O2/c1-3-27(41)40-17-16-39(19-22(40)18-34-2)29-23-10-15-38(26-9-6-8-24(32)28(26)33)20-25(23)35-30(36-29)42-31(11-7-12-31)21-37-13-4-5-14-37/h3,6,8-9,22H,1,4-5,7,10-21H2/t22-/m0/s1. The molecule has 9 nitrogen and oxygen atoms in total. The van der Waals surface area contributed by atoms with E-state index in [1.54, 1.807) is 11.0 Å². The summed E-state index contributed by atoms with van der Waals surface area (Å²) in [7, 11) is 0. The summed E-state index contributed by atoms with van der Waals surface area (Å²) in [4.78, 5) is 35.0. The molecule has 1 aromatic carbocycles. The number of halogens is 2. The summed E-state index contributed by atoms with van der Waals surface area (Å²) in [5.74, 6) is 0.711. The van der Waals surface area contributed by atoms with Crippen LogP contribution in [-0.2, 0) is 17.8 Å². The van der Waals surface area contributed by atoms with Crippen LogP contribution < -0.4 is 14.5 Å². The Hall–Kier alpha value is -3.06. The lowest BCUT2D eigenvalue weighted by Crippen LogP contribution is -2.56. The molecule has 11 heteroatoms. The van der Waals surface area contributed by atoms with E-state index >= 15 is 0 Å². The van der Waals surface area contributed by atoms with E-state index in [-0.39, 0.29) is 24.1 Å². The van der Waals surface area contributed by atoms with Gasteiger partial charge in [0.1, 0.15) is 17.5 Å². The molecule has 222 valence electrons. The summed E-state index contributed by atoms with van der Waals surface area (Å²) in [6, 6.07) is 5.87. The van der Waals surface area contributed by atoms with Gasteiger partial charge in [-0.2, -0.15) is 9.97 Å². The molecule has 3 fully saturated rings. The Kier molecular flexibility index (Phi) is 8.49. The van der Waals surface area contributed by atoms with Crippen LogP contribution in [0.5, 0.6) is 6.01 Å². The number of aromatic nitrogens is 2. The molecule has 0 spiro atoms. The first-order valence-electron chi connectivity index (χ1n) is 14.9. The number of benzene rings is 1. The number of anilines is 2. The summed E-state index contributed by atoms with van der Waals surface area (Å²) < 4.78 is 6.75. The molecule has 1 atom stereocenters. The number of carbonyl (C=O) groups excluding carboxylic acids is 1. The van der Waals surface area contributed by atoms with Crippen LogP contribution in [0.25, 0.3) is 4.85 Å². The van der Waals surface area contributed by atoms with Crippen LogP contribution in [-0.4, -0.2) is 89.7 Å². The van der Waals surface area contributed by atoms with E-state index < -0.39 is 0 Å². The topological polar surface area (TPSA) is 69.4 Å². The number of rotatable bonds is 8. The average Bonchev–Trinajstić information content (AvgIpc) is 3.49. The largest absolute Gasteiger partial charge is 0.455 e. The summed E-state index contributed by atoms with van der Waals surface area (Å²) in [5.41, 5.74) is 2.63. The van der Waals surface area contributed by atoms with Crippen molar-refractivity contribution in [3.05, 3.63) is 63.6 Å². The number of amides is 1. The SMILES string of the molecule is [C-]#[N+]C[C@H]1CN(c2nc(OC3(CN4CCCC4)CCC3)nc3c2CCN(c2cccc(Cl)c2Cl)C3)CCN1C(=O)C=C. The third-order valence-corrected chi connectivity index (χ3v) is 9.93. The minimum Gasteiger partial charge on any atom is -0.455 e. The highest BCUT2D eigenvalue weighted by Crippen LogP contribution is 2.40. The Labute approximate surface area is 257 Å². The molecule has 1 saturated carbocycles. The van der Waals surface area contributed by atoms with E-state index in [0.717, 1.165) is 74.6 Å². The van der Waals surface area contributed by atoms with E-state index in [9.17, 15) is 4.79 Å². The molecule has 0 bridgehead atoms. The van der Waals surface area contributed by atoms with Gasteiger partial charge in [-0.05, 0) is 69.8 Å². The van der Waals surface area contributed by atoms with Crippen LogP contribution in [0.3, 0.4) is 0 Å². The summed E-state index contributed by atoms with van der Waals surface area (Å²) in [6.07, 6.45) is 7.68. The van der Waals surface area contributed by atoms with E-state index in [1.165, 1.54) is 18.9 Å². The number of nitrogens with zero attached hydrogens (tertiary/aromatic N) is 7. The molecule has 4 aliphatic rings. The molecular weight excluding hydrogens is 573 g/mol.